The van der Waals surface area contributed by atoms with Crippen molar-refractivity contribution < 1.29 is 9.59 Å². The third-order valence-electron chi connectivity index (χ3n) is 1.95. The third-order valence-corrected chi connectivity index (χ3v) is 1.95. The number of hydrogen-bond acceptors (Lipinski definition) is 1. The Morgan fingerprint density at radius 2 is 1.60 bits per heavy atom. The number of rotatable bonds is 3. The first-order chi connectivity index (χ1) is 4.39. The first-order valence-corrected chi connectivity index (χ1v) is 3.81. The van der Waals surface area contributed by atoms with Gasteiger partial charge in [-0.2, -0.15) is 0 Å². The smallest absolute Gasteiger partial charge is 0.114 e. The molecule has 62 valence electrons. The van der Waals surface area contributed by atoms with Crippen LogP contribution in [0.3, 0.4) is 0 Å². The Morgan fingerprint density at radius 1 is 1.20 bits per heavy atom. The summed E-state index contributed by atoms with van der Waals surface area (Å²) in [6, 6.07) is 0.361. The molecule has 0 aliphatic carbocycles. The monoisotopic (exact) mass is 146 g/mol. The molecule has 2 nitrogen and oxygen atoms in total. The zero-order chi connectivity index (χ0) is 8.36. The van der Waals surface area contributed by atoms with Crippen LogP contribution in [0.4, 0.5) is 0 Å². The zero-order valence-corrected chi connectivity index (χ0v) is 7.76. The number of likely N-dealkylation sites (N-methyl/N-ethyl adjacent to an activating group) is 1. The van der Waals surface area contributed by atoms with E-state index in [-0.39, 0.29) is 6.61 Å². The SMILES string of the molecule is CC(C)[C@H](CO)[N+](C)(C)C. The standard InChI is InChI=1S/C8H20NO/c1-7(2)8(6-10)9(3,4)5/h7-8,10H,6H2,1-5H3/q+1/t8-/m0/s1. The van der Waals surface area contributed by atoms with E-state index in [1.54, 1.807) is 0 Å². The minimum Gasteiger partial charge on any atom is -0.390 e. The molecular weight excluding hydrogens is 126 g/mol. The van der Waals surface area contributed by atoms with Crippen LogP contribution < -0.4 is 0 Å². The molecule has 0 saturated heterocycles. The van der Waals surface area contributed by atoms with Crippen molar-refractivity contribution >= 4 is 0 Å². The van der Waals surface area contributed by atoms with Crippen molar-refractivity contribution in [2.24, 2.45) is 5.92 Å². The van der Waals surface area contributed by atoms with E-state index < -0.39 is 0 Å². The molecule has 0 aromatic rings. The molecule has 1 N–H and O–H groups in total. The van der Waals surface area contributed by atoms with Gasteiger partial charge in [-0.3, -0.25) is 0 Å². The maximum absolute atomic E-state index is 9.02. The Hall–Kier alpha value is -0.0800. The number of aliphatic hydroxyl groups is 1. The Morgan fingerprint density at radius 3 is 1.60 bits per heavy atom. The summed E-state index contributed by atoms with van der Waals surface area (Å²) in [7, 11) is 6.34. The number of aliphatic hydroxyl groups excluding tert-OH is 1. The summed E-state index contributed by atoms with van der Waals surface area (Å²) in [5.74, 6) is 0.546. The van der Waals surface area contributed by atoms with Gasteiger partial charge in [0.25, 0.3) is 0 Å². The van der Waals surface area contributed by atoms with E-state index in [0.29, 0.717) is 12.0 Å². The summed E-state index contributed by atoms with van der Waals surface area (Å²) in [5, 5.41) is 9.02. The first kappa shape index (κ1) is 9.92. The maximum atomic E-state index is 9.02. The van der Waals surface area contributed by atoms with Crippen molar-refractivity contribution in [3.63, 3.8) is 0 Å². The van der Waals surface area contributed by atoms with Gasteiger partial charge in [-0.25, -0.2) is 0 Å². The highest BCUT2D eigenvalue weighted by atomic mass is 16.3. The molecule has 0 unspecified atom stereocenters. The largest absolute Gasteiger partial charge is 0.390 e. The molecule has 0 spiro atoms. The molecule has 0 amide bonds. The summed E-state index contributed by atoms with van der Waals surface area (Å²) < 4.78 is 0.841. The Bertz CT molecular complexity index is 93.9. The molecule has 0 aromatic carbocycles. The van der Waals surface area contributed by atoms with Crippen LogP contribution in [0.25, 0.3) is 0 Å². The fourth-order valence-electron chi connectivity index (χ4n) is 1.35. The molecule has 0 fully saturated rings. The minimum absolute atomic E-state index is 0.279. The topological polar surface area (TPSA) is 20.2 Å². The Labute approximate surface area is 64.1 Å². The summed E-state index contributed by atoms with van der Waals surface area (Å²) in [4.78, 5) is 0. The van der Waals surface area contributed by atoms with Crippen LogP contribution in [0, 0.1) is 5.92 Å². The number of nitrogens with zero attached hydrogens (tertiary/aromatic N) is 1. The summed E-state index contributed by atoms with van der Waals surface area (Å²) >= 11 is 0. The van der Waals surface area contributed by atoms with Crippen LogP contribution in [0.2, 0.25) is 0 Å². The van der Waals surface area contributed by atoms with Crippen LogP contribution in [0.15, 0.2) is 0 Å². The van der Waals surface area contributed by atoms with Gasteiger partial charge in [0.2, 0.25) is 0 Å². The van der Waals surface area contributed by atoms with E-state index >= 15 is 0 Å². The number of quaternary nitrogens is 1. The van der Waals surface area contributed by atoms with E-state index in [1.165, 1.54) is 0 Å². The molecule has 2 heteroatoms. The molecule has 0 aromatic heterocycles. The quantitative estimate of drug-likeness (QED) is 0.581. The maximum Gasteiger partial charge on any atom is 0.114 e. The lowest BCUT2D eigenvalue weighted by Crippen LogP contribution is -2.50. The molecule has 0 radical (unpaired) electrons. The van der Waals surface area contributed by atoms with Crippen molar-refractivity contribution in [3.8, 4) is 0 Å². The minimum atomic E-state index is 0.279. The molecule has 0 rings (SSSR count). The van der Waals surface area contributed by atoms with Crippen LogP contribution in [0.1, 0.15) is 13.8 Å². The molecule has 0 heterocycles. The highest BCUT2D eigenvalue weighted by Crippen LogP contribution is 2.11. The van der Waals surface area contributed by atoms with Gasteiger partial charge in [0.1, 0.15) is 6.04 Å². The summed E-state index contributed by atoms with van der Waals surface area (Å²) in [6.45, 7) is 4.57. The van der Waals surface area contributed by atoms with E-state index in [4.69, 9.17) is 5.11 Å². The summed E-state index contributed by atoms with van der Waals surface area (Å²) in [5.41, 5.74) is 0. The normalized spacial score (nSPS) is 15.9. The molecule has 0 bridgehead atoms. The second kappa shape index (κ2) is 3.35. The lowest BCUT2D eigenvalue weighted by molar-refractivity contribution is -0.900. The molecule has 0 aliphatic heterocycles. The van der Waals surface area contributed by atoms with Gasteiger partial charge < -0.3 is 9.59 Å². The second-order valence-corrected chi connectivity index (χ2v) is 4.11. The van der Waals surface area contributed by atoms with Gasteiger partial charge in [-0.05, 0) is 0 Å². The van der Waals surface area contributed by atoms with Crippen molar-refractivity contribution in [3.05, 3.63) is 0 Å². The van der Waals surface area contributed by atoms with Crippen molar-refractivity contribution in [1.82, 2.24) is 0 Å². The zero-order valence-electron chi connectivity index (χ0n) is 7.76. The average Bonchev–Trinajstić information content (AvgIpc) is 1.60. The molecular formula is C8H20NO+. The Balaban J connectivity index is 4.07. The lowest BCUT2D eigenvalue weighted by Gasteiger charge is -2.35. The molecule has 0 saturated carbocycles. The van der Waals surface area contributed by atoms with E-state index in [9.17, 15) is 0 Å². The highest BCUT2D eigenvalue weighted by Gasteiger charge is 2.25. The van der Waals surface area contributed by atoms with Crippen LogP contribution >= 0.6 is 0 Å². The summed E-state index contributed by atoms with van der Waals surface area (Å²) in [6.07, 6.45) is 0. The van der Waals surface area contributed by atoms with Crippen molar-refractivity contribution in [1.29, 1.82) is 0 Å². The van der Waals surface area contributed by atoms with E-state index in [0.717, 1.165) is 4.48 Å². The van der Waals surface area contributed by atoms with Crippen LogP contribution in [-0.4, -0.2) is 43.4 Å². The van der Waals surface area contributed by atoms with Gasteiger partial charge in [0.05, 0.1) is 27.7 Å². The van der Waals surface area contributed by atoms with Gasteiger partial charge in [-0.1, -0.05) is 13.8 Å². The second-order valence-electron chi connectivity index (χ2n) is 4.11. The van der Waals surface area contributed by atoms with E-state index in [1.807, 2.05) is 0 Å². The van der Waals surface area contributed by atoms with Gasteiger partial charge in [0, 0.05) is 5.92 Å². The lowest BCUT2D eigenvalue weighted by atomic mass is 10.0. The van der Waals surface area contributed by atoms with E-state index in [2.05, 4.69) is 35.0 Å². The fraction of sp³-hybridized carbons (Fsp3) is 1.00. The first-order valence-electron chi connectivity index (χ1n) is 3.81. The third kappa shape index (κ3) is 2.67. The molecule has 1 atom stereocenters. The van der Waals surface area contributed by atoms with Crippen LogP contribution in [-0.2, 0) is 0 Å². The van der Waals surface area contributed by atoms with Crippen molar-refractivity contribution in [2.45, 2.75) is 19.9 Å². The average molecular weight is 146 g/mol. The Kier molecular flexibility index (Phi) is 3.33. The predicted octanol–water partition coefficient (Wildman–Crippen LogP) is 0.710. The van der Waals surface area contributed by atoms with Crippen LogP contribution in [0.5, 0.6) is 0 Å². The molecule has 10 heavy (non-hydrogen) atoms. The predicted molar refractivity (Wildman–Crippen MR) is 43.7 cm³/mol. The molecule has 0 aliphatic rings. The van der Waals surface area contributed by atoms with Gasteiger partial charge >= 0.3 is 0 Å². The fourth-order valence-corrected chi connectivity index (χ4v) is 1.35. The van der Waals surface area contributed by atoms with Gasteiger partial charge in [-0.15, -0.1) is 0 Å². The highest BCUT2D eigenvalue weighted by molar-refractivity contribution is 4.59. The van der Waals surface area contributed by atoms with Crippen molar-refractivity contribution in [2.75, 3.05) is 27.7 Å². The number of hydrogen-bond donors (Lipinski definition) is 1. The van der Waals surface area contributed by atoms with Gasteiger partial charge in [0.15, 0.2) is 0 Å².